The topological polar surface area (TPSA) is 58.9 Å². The van der Waals surface area contributed by atoms with Crippen LogP contribution in [0.1, 0.15) is 30.1 Å². The van der Waals surface area contributed by atoms with Crippen LogP contribution in [0.4, 0.5) is 11.6 Å². The first-order valence-corrected chi connectivity index (χ1v) is 6.91. The number of nitrogens with zero attached hydrogens (tertiary/aromatic N) is 5. The Balaban J connectivity index is 1.82. The lowest BCUT2D eigenvalue weighted by molar-refractivity contribution is 0.766. The van der Waals surface area contributed by atoms with Crippen molar-refractivity contribution in [3.8, 4) is 0 Å². The molecule has 106 valence electrons. The van der Waals surface area contributed by atoms with Gasteiger partial charge in [0, 0.05) is 51.4 Å². The van der Waals surface area contributed by atoms with Gasteiger partial charge in [-0.05, 0) is 12.8 Å². The minimum Gasteiger partial charge on any atom is -0.373 e. The molecule has 1 aliphatic rings. The molecular weight excluding hydrogens is 252 g/mol. The summed E-state index contributed by atoms with van der Waals surface area (Å²) in [5.74, 6) is 3.35. The van der Waals surface area contributed by atoms with E-state index < -0.39 is 0 Å². The highest BCUT2D eigenvalue weighted by molar-refractivity contribution is 5.49. The lowest BCUT2D eigenvalue weighted by Crippen LogP contribution is -2.18. The van der Waals surface area contributed by atoms with Crippen molar-refractivity contribution in [3.63, 3.8) is 0 Å². The molecule has 0 unspecified atom stereocenters. The van der Waals surface area contributed by atoms with Gasteiger partial charge in [-0.25, -0.2) is 9.97 Å². The summed E-state index contributed by atoms with van der Waals surface area (Å²) in [5.41, 5.74) is 1.17. The smallest absolute Gasteiger partial charge is 0.136 e. The summed E-state index contributed by atoms with van der Waals surface area (Å²) < 4.78 is 1.82. The maximum atomic E-state index is 4.69. The Morgan fingerprint density at radius 2 is 2.20 bits per heavy atom. The van der Waals surface area contributed by atoms with Gasteiger partial charge in [0.25, 0.3) is 0 Å². The van der Waals surface area contributed by atoms with E-state index in [0.717, 1.165) is 24.0 Å². The van der Waals surface area contributed by atoms with Gasteiger partial charge >= 0.3 is 0 Å². The van der Waals surface area contributed by atoms with Crippen LogP contribution in [-0.4, -0.2) is 33.8 Å². The lowest BCUT2D eigenvalue weighted by atomic mass is 10.3. The Morgan fingerprint density at radius 1 is 1.40 bits per heavy atom. The highest BCUT2D eigenvalue weighted by Gasteiger charge is 2.27. The molecule has 20 heavy (non-hydrogen) atoms. The number of aryl methyl sites for hydroxylation is 1. The molecule has 2 aromatic heterocycles. The summed E-state index contributed by atoms with van der Waals surface area (Å²) in [5, 5.41) is 7.32. The monoisotopic (exact) mass is 272 g/mol. The Kier molecular flexibility index (Phi) is 3.30. The molecule has 0 radical (unpaired) electrons. The van der Waals surface area contributed by atoms with Crippen LogP contribution in [-0.2, 0) is 13.6 Å². The summed E-state index contributed by atoms with van der Waals surface area (Å²) in [6, 6.07) is 1.99. The zero-order valence-corrected chi connectivity index (χ0v) is 12.2. The van der Waals surface area contributed by atoms with Crippen LogP contribution in [0.5, 0.6) is 0 Å². The van der Waals surface area contributed by atoms with E-state index in [2.05, 4.69) is 20.3 Å². The van der Waals surface area contributed by atoms with Crippen molar-refractivity contribution >= 4 is 11.6 Å². The highest BCUT2D eigenvalue weighted by Crippen LogP contribution is 2.39. The van der Waals surface area contributed by atoms with Gasteiger partial charge in [0.1, 0.15) is 17.5 Å². The second-order valence-corrected chi connectivity index (χ2v) is 5.37. The van der Waals surface area contributed by atoms with Crippen molar-refractivity contribution in [2.45, 2.75) is 25.3 Å². The minimum atomic E-state index is 0.550. The molecule has 2 aromatic rings. The quantitative estimate of drug-likeness (QED) is 0.899. The summed E-state index contributed by atoms with van der Waals surface area (Å²) in [6.07, 6.45) is 6.33. The van der Waals surface area contributed by atoms with Crippen LogP contribution in [0.3, 0.4) is 0 Å². The molecule has 6 heteroatoms. The Morgan fingerprint density at radius 3 is 2.80 bits per heavy atom. The summed E-state index contributed by atoms with van der Waals surface area (Å²) >= 11 is 0. The van der Waals surface area contributed by atoms with Crippen LogP contribution in [0, 0.1) is 0 Å². The normalized spacial score (nSPS) is 14.3. The summed E-state index contributed by atoms with van der Waals surface area (Å²) in [4.78, 5) is 11.4. The van der Waals surface area contributed by atoms with Gasteiger partial charge in [0.2, 0.25) is 0 Å². The number of hydrogen-bond donors (Lipinski definition) is 1. The van der Waals surface area contributed by atoms with Gasteiger partial charge in [-0.3, -0.25) is 4.68 Å². The number of rotatable bonds is 5. The van der Waals surface area contributed by atoms with Gasteiger partial charge in [-0.2, -0.15) is 5.10 Å². The van der Waals surface area contributed by atoms with Gasteiger partial charge in [-0.15, -0.1) is 0 Å². The molecule has 3 rings (SSSR count). The third-order valence-corrected chi connectivity index (χ3v) is 3.50. The van der Waals surface area contributed by atoms with E-state index in [1.807, 2.05) is 44.3 Å². The zero-order chi connectivity index (χ0) is 14.1. The molecule has 1 N–H and O–H groups in total. The molecule has 0 saturated heterocycles. The predicted molar refractivity (Wildman–Crippen MR) is 78.9 cm³/mol. The molecule has 0 aromatic carbocycles. The average Bonchev–Trinajstić information content (AvgIpc) is 3.22. The third-order valence-electron chi connectivity index (χ3n) is 3.50. The van der Waals surface area contributed by atoms with Crippen LogP contribution in [0.2, 0.25) is 0 Å². The minimum absolute atomic E-state index is 0.550. The van der Waals surface area contributed by atoms with Crippen molar-refractivity contribution in [2.24, 2.45) is 7.05 Å². The number of anilines is 2. The Hall–Kier alpha value is -2.11. The van der Waals surface area contributed by atoms with E-state index in [9.17, 15) is 0 Å². The second kappa shape index (κ2) is 5.11. The van der Waals surface area contributed by atoms with E-state index in [-0.39, 0.29) is 0 Å². The molecule has 0 spiro atoms. The first-order valence-electron chi connectivity index (χ1n) is 6.91. The Bertz CT molecular complexity index is 601. The van der Waals surface area contributed by atoms with Crippen LogP contribution in [0.15, 0.2) is 18.5 Å². The van der Waals surface area contributed by atoms with Crippen LogP contribution < -0.4 is 10.2 Å². The van der Waals surface area contributed by atoms with Gasteiger partial charge in [-0.1, -0.05) is 0 Å². The SMILES string of the molecule is CNc1cc(N(C)Cc2cnn(C)c2)nc(C2CC2)n1. The predicted octanol–water partition coefficient (Wildman–Crippen LogP) is 1.77. The maximum Gasteiger partial charge on any atom is 0.136 e. The molecule has 0 amide bonds. The highest BCUT2D eigenvalue weighted by atomic mass is 15.2. The summed E-state index contributed by atoms with van der Waals surface area (Å²) in [6.45, 7) is 0.790. The van der Waals surface area contributed by atoms with Gasteiger partial charge in [0.15, 0.2) is 0 Å². The standard InChI is InChI=1S/C14H20N6/c1-15-12-6-13(18-14(17-12)11-4-5-11)19(2)8-10-7-16-20(3)9-10/h6-7,9,11H,4-5,8H2,1-3H3,(H,15,17,18). The van der Waals surface area contributed by atoms with E-state index >= 15 is 0 Å². The van der Waals surface area contributed by atoms with E-state index in [1.54, 1.807) is 0 Å². The fourth-order valence-electron chi connectivity index (χ4n) is 2.21. The molecule has 1 fully saturated rings. The van der Waals surface area contributed by atoms with Gasteiger partial charge in [0.05, 0.1) is 6.20 Å². The molecule has 0 bridgehead atoms. The van der Waals surface area contributed by atoms with Crippen molar-refractivity contribution in [1.82, 2.24) is 19.7 Å². The lowest BCUT2D eigenvalue weighted by Gasteiger charge is -2.18. The zero-order valence-electron chi connectivity index (χ0n) is 12.2. The molecule has 1 aliphatic carbocycles. The fraction of sp³-hybridized carbons (Fsp3) is 0.500. The number of hydrogen-bond acceptors (Lipinski definition) is 5. The third kappa shape index (κ3) is 2.74. The van der Waals surface area contributed by atoms with Crippen LogP contribution in [0.25, 0.3) is 0 Å². The van der Waals surface area contributed by atoms with Crippen molar-refractivity contribution in [3.05, 3.63) is 29.8 Å². The largest absolute Gasteiger partial charge is 0.373 e. The second-order valence-electron chi connectivity index (χ2n) is 5.37. The average molecular weight is 272 g/mol. The van der Waals surface area contributed by atoms with E-state index in [1.165, 1.54) is 18.4 Å². The molecule has 6 nitrogen and oxygen atoms in total. The van der Waals surface area contributed by atoms with Crippen molar-refractivity contribution in [1.29, 1.82) is 0 Å². The fourth-order valence-corrected chi connectivity index (χ4v) is 2.21. The number of aromatic nitrogens is 4. The van der Waals surface area contributed by atoms with E-state index in [4.69, 9.17) is 4.98 Å². The molecule has 0 aliphatic heterocycles. The first kappa shape index (κ1) is 12.9. The molecule has 1 saturated carbocycles. The van der Waals surface area contributed by atoms with E-state index in [0.29, 0.717) is 5.92 Å². The van der Waals surface area contributed by atoms with Crippen LogP contribution >= 0.6 is 0 Å². The number of nitrogens with one attached hydrogen (secondary N) is 1. The van der Waals surface area contributed by atoms with Crippen molar-refractivity contribution in [2.75, 3.05) is 24.3 Å². The van der Waals surface area contributed by atoms with Gasteiger partial charge < -0.3 is 10.2 Å². The molecular formula is C14H20N6. The maximum absolute atomic E-state index is 4.69. The van der Waals surface area contributed by atoms with Crippen molar-refractivity contribution < 1.29 is 0 Å². The molecule has 2 heterocycles. The summed E-state index contributed by atoms with van der Waals surface area (Å²) in [7, 11) is 5.87. The molecule has 0 atom stereocenters. The first-order chi connectivity index (χ1) is 9.65. The Labute approximate surface area is 118 Å².